The van der Waals surface area contributed by atoms with Gasteiger partial charge >= 0.3 is 0 Å². The lowest BCUT2D eigenvalue weighted by Gasteiger charge is -2.08. The molecule has 0 spiro atoms. The van der Waals surface area contributed by atoms with Crippen LogP contribution in [0.1, 0.15) is 11.1 Å². The third-order valence-electron chi connectivity index (χ3n) is 2.85. The van der Waals surface area contributed by atoms with Gasteiger partial charge in [-0.05, 0) is 30.7 Å². The Morgan fingerprint density at radius 3 is 2.70 bits per heavy atom. The monoisotopic (exact) mass is 272 g/mol. The van der Waals surface area contributed by atoms with Crippen molar-refractivity contribution in [1.82, 2.24) is 5.32 Å². The summed E-state index contributed by atoms with van der Waals surface area (Å²) >= 11 is 0. The summed E-state index contributed by atoms with van der Waals surface area (Å²) in [7, 11) is 0. The summed E-state index contributed by atoms with van der Waals surface area (Å²) in [6.07, 6.45) is 0. The minimum atomic E-state index is -0.324. The molecule has 0 unspecified atom stereocenters. The Bertz CT molecular complexity index is 547. The van der Waals surface area contributed by atoms with Crippen LogP contribution in [-0.2, 0) is 11.3 Å². The van der Waals surface area contributed by atoms with Gasteiger partial charge in [0.1, 0.15) is 5.82 Å². The Labute approximate surface area is 117 Å². The Morgan fingerprint density at radius 1 is 1.15 bits per heavy atom. The minimum absolute atomic E-state index is 0.120. The van der Waals surface area contributed by atoms with Crippen LogP contribution in [-0.4, -0.2) is 12.5 Å². The minimum Gasteiger partial charge on any atom is -0.376 e. The van der Waals surface area contributed by atoms with Gasteiger partial charge in [0.2, 0.25) is 5.91 Å². The number of benzene rings is 2. The maximum absolute atomic E-state index is 13.0. The molecule has 0 atom stereocenters. The molecule has 2 aromatic rings. The molecule has 20 heavy (non-hydrogen) atoms. The van der Waals surface area contributed by atoms with E-state index in [0.29, 0.717) is 12.2 Å². The highest BCUT2D eigenvalue weighted by Crippen LogP contribution is 2.08. The van der Waals surface area contributed by atoms with E-state index >= 15 is 0 Å². The van der Waals surface area contributed by atoms with Crippen LogP contribution in [0.15, 0.2) is 48.5 Å². The molecule has 0 fully saturated rings. The molecule has 0 aliphatic heterocycles. The Balaban J connectivity index is 1.78. The van der Waals surface area contributed by atoms with Crippen molar-refractivity contribution in [2.24, 2.45) is 0 Å². The zero-order valence-electron chi connectivity index (χ0n) is 11.3. The van der Waals surface area contributed by atoms with Crippen LogP contribution in [0.4, 0.5) is 10.1 Å². The summed E-state index contributed by atoms with van der Waals surface area (Å²) in [5.74, 6) is -0.453. The maximum atomic E-state index is 13.0. The Kier molecular flexibility index (Phi) is 4.71. The number of halogens is 1. The van der Waals surface area contributed by atoms with Crippen LogP contribution in [0.25, 0.3) is 0 Å². The van der Waals surface area contributed by atoms with E-state index in [1.807, 2.05) is 31.2 Å². The van der Waals surface area contributed by atoms with Gasteiger partial charge in [0, 0.05) is 12.2 Å². The molecular formula is C16H17FN2O. The fourth-order valence-electron chi connectivity index (χ4n) is 1.87. The zero-order chi connectivity index (χ0) is 14.4. The average molecular weight is 272 g/mol. The second kappa shape index (κ2) is 6.70. The molecule has 0 saturated carbocycles. The van der Waals surface area contributed by atoms with E-state index in [9.17, 15) is 9.18 Å². The van der Waals surface area contributed by atoms with Gasteiger partial charge in [-0.15, -0.1) is 0 Å². The molecule has 0 heterocycles. The molecule has 0 aliphatic rings. The molecular weight excluding hydrogens is 255 g/mol. The highest BCUT2D eigenvalue weighted by Gasteiger charge is 2.02. The second-order valence-electron chi connectivity index (χ2n) is 4.63. The first-order chi connectivity index (χ1) is 9.63. The standard InChI is InChI=1S/C16H17FN2O/c1-12-4-2-5-13(8-12)10-19-16(20)11-18-15-7-3-6-14(17)9-15/h2-9,18H,10-11H2,1H3,(H,19,20). The molecule has 4 heteroatoms. The number of hydrogen-bond donors (Lipinski definition) is 2. The fourth-order valence-corrected chi connectivity index (χ4v) is 1.87. The van der Waals surface area contributed by atoms with Crippen molar-refractivity contribution in [2.45, 2.75) is 13.5 Å². The first kappa shape index (κ1) is 14.1. The molecule has 3 nitrogen and oxygen atoms in total. The van der Waals surface area contributed by atoms with Crippen LogP contribution in [0.2, 0.25) is 0 Å². The van der Waals surface area contributed by atoms with Crippen molar-refractivity contribution in [3.05, 3.63) is 65.5 Å². The first-order valence-corrected chi connectivity index (χ1v) is 6.45. The third-order valence-corrected chi connectivity index (χ3v) is 2.85. The van der Waals surface area contributed by atoms with Gasteiger partial charge < -0.3 is 10.6 Å². The molecule has 0 aromatic heterocycles. The van der Waals surface area contributed by atoms with E-state index in [4.69, 9.17) is 0 Å². The number of carbonyl (C=O) groups excluding carboxylic acids is 1. The number of rotatable bonds is 5. The smallest absolute Gasteiger partial charge is 0.239 e. The van der Waals surface area contributed by atoms with Crippen LogP contribution in [0.5, 0.6) is 0 Å². The molecule has 2 rings (SSSR count). The van der Waals surface area contributed by atoms with Gasteiger partial charge in [0.15, 0.2) is 0 Å². The largest absolute Gasteiger partial charge is 0.376 e. The number of nitrogens with one attached hydrogen (secondary N) is 2. The Hall–Kier alpha value is -2.36. The van der Waals surface area contributed by atoms with Crippen LogP contribution in [0, 0.1) is 12.7 Å². The van der Waals surface area contributed by atoms with Gasteiger partial charge in [-0.1, -0.05) is 35.9 Å². The van der Waals surface area contributed by atoms with Crippen molar-refractivity contribution in [2.75, 3.05) is 11.9 Å². The van der Waals surface area contributed by atoms with Crippen LogP contribution < -0.4 is 10.6 Å². The normalized spacial score (nSPS) is 10.1. The third kappa shape index (κ3) is 4.39. The summed E-state index contributed by atoms with van der Waals surface area (Å²) < 4.78 is 13.0. The quantitative estimate of drug-likeness (QED) is 0.878. The van der Waals surface area contributed by atoms with E-state index in [0.717, 1.165) is 11.1 Å². The molecule has 0 bridgehead atoms. The number of anilines is 1. The number of aryl methyl sites for hydroxylation is 1. The lowest BCUT2D eigenvalue weighted by Crippen LogP contribution is -2.29. The van der Waals surface area contributed by atoms with Gasteiger partial charge in [0.05, 0.1) is 6.54 Å². The summed E-state index contributed by atoms with van der Waals surface area (Å²) in [4.78, 5) is 11.7. The first-order valence-electron chi connectivity index (χ1n) is 6.45. The molecule has 0 radical (unpaired) electrons. The predicted octanol–water partition coefficient (Wildman–Crippen LogP) is 2.86. The summed E-state index contributed by atoms with van der Waals surface area (Å²) in [5.41, 5.74) is 2.81. The van der Waals surface area contributed by atoms with Gasteiger partial charge in [-0.2, -0.15) is 0 Å². The molecule has 2 N–H and O–H groups in total. The molecule has 0 aliphatic carbocycles. The summed E-state index contributed by atoms with van der Waals surface area (Å²) in [6.45, 7) is 2.62. The van der Waals surface area contributed by atoms with E-state index in [2.05, 4.69) is 10.6 Å². The summed E-state index contributed by atoms with van der Waals surface area (Å²) in [5, 5.41) is 5.70. The molecule has 1 amide bonds. The lowest BCUT2D eigenvalue weighted by molar-refractivity contribution is -0.119. The van der Waals surface area contributed by atoms with Gasteiger partial charge in [-0.3, -0.25) is 4.79 Å². The van der Waals surface area contributed by atoms with E-state index in [-0.39, 0.29) is 18.3 Å². The topological polar surface area (TPSA) is 41.1 Å². The van der Waals surface area contributed by atoms with Crippen molar-refractivity contribution < 1.29 is 9.18 Å². The van der Waals surface area contributed by atoms with E-state index in [1.54, 1.807) is 12.1 Å². The average Bonchev–Trinajstić information content (AvgIpc) is 2.43. The Morgan fingerprint density at radius 2 is 1.95 bits per heavy atom. The van der Waals surface area contributed by atoms with E-state index in [1.165, 1.54) is 12.1 Å². The van der Waals surface area contributed by atoms with E-state index < -0.39 is 0 Å². The second-order valence-corrected chi connectivity index (χ2v) is 4.63. The lowest BCUT2D eigenvalue weighted by atomic mass is 10.1. The van der Waals surface area contributed by atoms with Crippen LogP contribution in [0.3, 0.4) is 0 Å². The number of carbonyl (C=O) groups is 1. The molecule has 0 saturated heterocycles. The summed E-state index contributed by atoms with van der Waals surface area (Å²) in [6, 6.07) is 14.0. The van der Waals surface area contributed by atoms with Gasteiger partial charge in [-0.25, -0.2) is 4.39 Å². The number of amides is 1. The fraction of sp³-hybridized carbons (Fsp3) is 0.188. The highest BCUT2D eigenvalue weighted by atomic mass is 19.1. The van der Waals surface area contributed by atoms with Crippen LogP contribution >= 0.6 is 0 Å². The van der Waals surface area contributed by atoms with Crippen molar-refractivity contribution >= 4 is 11.6 Å². The van der Waals surface area contributed by atoms with Crippen molar-refractivity contribution in [3.63, 3.8) is 0 Å². The predicted molar refractivity (Wildman–Crippen MR) is 77.9 cm³/mol. The highest BCUT2D eigenvalue weighted by molar-refractivity contribution is 5.80. The molecule has 104 valence electrons. The molecule has 2 aromatic carbocycles. The van der Waals surface area contributed by atoms with Crippen molar-refractivity contribution in [1.29, 1.82) is 0 Å². The maximum Gasteiger partial charge on any atom is 0.239 e. The van der Waals surface area contributed by atoms with Crippen molar-refractivity contribution in [3.8, 4) is 0 Å². The zero-order valence-corrected chi connectivity index (χ0v) is 11.3. The SMILES string of the molecule is Cc1cccc(CNC(=O)CNc2cccc(F)c2)c1. The van der Waals surface area contributed by atoms with Gasteiger partial charge in [0.25, 0.3) is 0 Å². The number of hydrogen-bond acceptors (Lipinski definition) is 2.